The van der Waals surface area contributed by atoms with Gasteiger partial charge in [0.1, 0.15) is 5.71 Å². The summed E-state index contributed by atoms with van der Waals surface area (Å²) in [6.45, 7) is 1.71. The minimum Gasteiger partial charge on any atom is -0.375 e. The Morgan fingerprint density at radius 2 is 2.13 bits per heavy atom. The van der Waals surface area contributed by atoms with E-state index in [-0.39, 0.29) is 17.9 Å². The largest absolute Gasteiger partial charge is 0.375 e. The Hall–Kier alpha value is -2.21. The van der Waals surface area contributed by atoms with E-state index in [0.29, 0.717) is 38.2 Å². The molecule has 1 N–H and O–H groups in total. The van der Waals surface area contributed by atoms with Gasteiger partial charge in [-0.15, -0.1) is 0 Å². The first-order valence-corrected chi connectivity index (χ1v) is 8.02. The maximum Gasteiger partial charge on any atom is 0.270 e. The zero-order chi connectivity index (χ0) is 16.1. The third-order valence-electron chi connectivity index (χ3n) is 4.18. The molecule has 0 aromatic heterocycles. The molecule has 0 radical (unpaired) electrons. The summed E-state index contributed by atoms with van der Waals surface area (Å²) < 4.78 is 5.78. The van der Waals surface area contributed by atoms with Crippen molar-refractivity contribution in [2.45, 2.75) is 31.8 Å². The van der Waals surface area contributed by atoms with Crippen LogP contribution in [0.3, 0.4) is 0 Å². The van der Waals surface area contributed by atoms with Gasteiger partial charge >= 0.3 is 0 Å². The number of hydrogen-bond donors (Lipinski definition) is 1. The maximum atomic E-state index is 12.5. The van der Waals surface area contributed by atoms with Gasteiger partial charge in [-0.05, 0) is 18.4 Å². The Labute approximate surface area is 135 Å². The van der Waals surface area contributed by atoms with E-state index in [0.717, 1.165) is 12.8 Å². The molecular formula is C17H21N3O3. The lowest BCUT2D eigenvalue weighted by Gasteiger charge is -2.33. The average molecular weight is 315 g/mol. The molecule has 0 spiro atoms. The lowest BCUT2D eigenvalue weighted by molar-refractivity contribution is -0.132. The molecule has 6 nitrogen and oxygen atoms in total. The fourth-order valence-corrected chi connectivity index (χ4v) is 2.86. The van der Waals surface area contributed by atoms with Crippen LogP contribution in [0.5, 0.6) is 0 Å². The number of benzene rings is 1. The van der Waals surface area contributed by atoms with Crippen LogP contribution in [0.4, 0.5) is 0 Å². The van der Waals surface area contributed by atoms with Gasteiger partial charge in [-0.1, -0.05) is 30.3 Å². The van der Waals surface area contributed by atoms with E-state index in [1.54, 1.807) is 4.90 Å². The summed E-state index contributed by atoms with van der Waals surface area (Å²) in [5.74, 6) is -0.220. The first kappa shape index (κ1) is 15.7. The molecule has 0 bridgehead atoms. The molecule has 2 aliphatic heterocycles. The highest BCUT2D eigenvalue weighted by Crippen LogP contribution is 2.14. The van der Waals surface area contributed by atoms with E-state index in [1.807, 2.05) is 18.2 Å². The van der Waals surface area contributed by atoms with Gasteiger partial charge in [-0.2, -0.15) is 5.10 Å². The fraction of sp³-hybridized carbons (Fsp3) is 0.471. The highest BCUT2D eigenvalue weighted by atomic mass is 16.5. The molecule has 1 aromatic rings. The Morgan fingerprint density at radius 3 is 2.87 bits per heavy atom. The van der Waals surface area contributed by atoms with Crippen molar-refractivity contribution < 1.29 is 14.3 Å². The Morgan fingerprint density at radius 1 is 1.30 bits per heavy atom. The minimum atomic E-state index is -0.135. The van der Waals surface area contributed by atoms with E-state index in [9.17, 15) is 9.59 Å². The molecule has 2 heterocycles. The summed E-state index contributed by atoms with van der Waals surface area (Å²) >= 11 is 0. The van der Waals surface area contributed by atoms with Crippen molar-refractivity contribution in [3.05, 3.63) is 35.9 Å². The molecule has 0 saturated carbocycles. The normalized spacial score (nSPS) is 21.6. The molecule has 122 valence electrons. The number of ether oxygens (including phenoxy) is 1. The van der Waals surface area contributed by atoms with Crippen molar-refractivity contribution in [1.82, 2.24) is 10.3 Å². The molecule has 6 heteroatoms. The molecule has 1 aromatic carbocycles. The average Bonchev–Trinajstić information content (AvgIpc) is 2.61. The summed E-state index contributed by atoms with van der Waals surface area (Å²) in [5, 5.41) is 3.89. The van der Waals surface area contributed by atoms with Crippen molar-refractivity contribution in [3.63, 3.8) is 0 Å². The van der Waals surface area contributed by atoms with E-state index in [4.69, 9.17) is 4.74 Å². The first-order chi connectivity index (χ1) is 11.2. The smallest absolute Gasteiger partial charge is 0.270 e. The highest BCUT2D eigenvalue weighted by Gasteiger charge is 2.28. The van der Waals surface area contributed by atoms with E-state index in [1.165, 1.54) is 5.56 Å². The van der Waals surface area contributed by atoms with E-state index in [2.05, 4.69) is 22.7 Å². The molecule has 1 atom stereocenters. The topological polar surface area (TPSA) is 71.0 Å². The molecule has 2 aliphatic rings. The van der Waals surface area contributed by atoms with Crippen LogP contribution >= 0.6 is 0 Å². The minimum absolute atomic E-state index is 0.0479. The SMILES string of the molecule is O=C1CCC(C(=O)N2CCOC(CCc3ccccc3)C2)=NN1. The van der Waals surface area contributed by atoms with Gasteiger partial charge < -0.3 is 9.64 Å². The summed E-state index contributed by atoms with van der Waals surface area (Å²) in [4.78, 5) is 25.4. The lowest BCUT2D eigenvalue weighted by atomic mass is 10.1. The first-order valence-electron chi connectivity index (χ1n) is 8.02. The van der Waals surface area contributed by atoms with Crippen LogP contribution in [0.1, 0.15) is 24.8 Å². The van der Waals surface area contributed by atoms with Crippen LogP contribution in [0, 0.1) is 0 Å². The van der Waals surface area contributed by atoms with Crippen LogP contribution < -0.4 is 5.43 Å². The monoisotopic (exact) mass is 315 g/mol. The van der Waals surface area contributed by atoms with Crippen molar-refractivity contribution in [2.75, 3.05) is 19.7 Å². The zero-order valence-electron chi connectivity index (χ0n) is 13.0. The predicted molar refractivity (Wildman–Crippen MR) is 85.9 cm³/mol. The number of nitrogens with zero attached hydrogens (tertiary/aromatic N) is 2. The van der Waals surface area contributed by atoms with Crippen LogP contribution in [0.2, 0.25) is 0 Å². The second-order valence-electron chi connectivity index (χ2n) is 5.86. The highest BCUT2D eigenvalue weighted by molar-refractivity contribution is 6.39. The molecular weight excluding hydrogens is 294 g/mol. The molecule has 2 amide bonds. The molecule has 0 aliphatic carbocycles. The van der Waals surface area contributed by atoms with Crippen molar-refractivity contribution in [1.29, 1.82) is 0 Å². The number of carbonyl (C=O) groups excluding carboxylic acids is 2. The number of aryl methyl sites for hydroxylation is 1. The van der Waals surface area contributed by atoms with Crippen LogP contribution in [-0.2, 0) is 20.7 Å². The summed E-state index contributed by atoms with van der Waals surface area (Å²) in [6, 6.07) is 10.3. The third-order valence-corrected chi connectivity index (χ3v) is 4.18. The summed E-state index contributed by atoms with van der Waals surface area (Å²) in [5.41, 5.74) is 4.10. The second kappa shape index (κ2) is 7.37. The van der Waals surface area contributed by atoms with E-state index >= 15 is 0 Å². The van der Waals surface area contributed by atoms with Gasteiger partial charge in [0.05, 0.1) is 12.7 Å². The maximum absolute atomic E-state index is 12.5. The predicted octanol–water partition coefficient (Wildman–Crippen LogP) is 1.11. The number of amides is 2. The Bertz CT molecular complexity index is 600. The van der Waals surface area contributed by atoms with Crippen LogP contribution in [-0.4, -0.2) is 48.2 Å². The number of carbonyl (C=O) groups is 2. The van der Waals surface area contributed by atoms with Gasteiger partial charge in [-0.3, -0.25) is 9.59 Å². The van der Waals surface area contributed by atoms with Crippen LogP contribution in [0.25, 0.3) is 0 Å². The van der Waals surface area contributed by atoms with Crippen LogP contribution in [0.15, 0.2) is 35.4 Å². The van der Waals surface area contributed by atoms with Crippen molar-refractivity contribution in [3.8, 4) is 0 Å². The Kier molecular flexibility index (Phi) is 5.02. The van der Waals surface area contributed by atoms with Gasteiger partial charge in [0.2, 0.25) is 5.91 Å². The number of hydrogen-bond acceptors (Lipinski definition) is 4. The Balaban J connectivity index is 1.53. The summed E-state index contributed by atoms with van der Waals surface area (Å²) in [7, 11) is 0. The van der Waals surface area contributed by atoms with Gasteiger partial charge in [0, 0.05) is 25.9 Å². The fourth-order valence-electron chi connectivity index (χ4n) is 2.86. The molecule has 3 rings (SSSR count). The second-order valence-corrected chi connectivity index (χ2v) is 5.86. The number of nitrogens with one attached hydrogen (secondary N) is 1. The summed E-state index contributed by atoms with van der Waals surface area (Å²) in [6.07, 6.45) is 2.61. The van der Waals surface area contributed by atoms with Gasteiger partial charge in [0.25, 0.3) is 5.91 Å². The third kappa shape index (κ3) is 4.16. The molecule has 1 fully saturated rings. The molecule has 23 heavy (non-hydrogen) atoms. The quantitative estimate of drug-likeness (QED) is 0.905. The molecule has 1 saturated heterocycles. The van der Waals surface area contributed by atoms with Gasteiger partial charge in [0.15, 0.2) is 0 Å². The van der Waals surface area contributed by atoms with E-state index < -0.39 is 0 Å². The lowest BCUT2D eigenvalue weighted by Crippen LogP contribution is -2.49. The zero-order valence-corrected chi connectivity index (χ0v) is 13.0. The van der Waals surface area contributed by atoms with Crippen molar-refractivity contribution >= 4 is 17.5 Å². The number of morpholine rings is 1. The number of hydrazone groups is 1. The standard InChI is InChI=1S/C17H21N3O3/c21-16-9-8-15(18-19-16)17(22)20-10-11-23-14(12-20)7-6-13-4-2-1-3-5-13/h1-5,14H,6-12H2,(H,19,21). The molecule has 1 unspecified atom stereocenters. The number of rotatable bonds is 4. The van der Waals surface area contributed by atoms with Crippen molar-refractivity contribution in [2.24, 2.45) is 5.10 Å². The van der Waals surface area contributed by atoms with Gasteiger partial charge in [-0.25, -0.2) is 5.43 Å².